The van der Waals surface area contributed by atoms with E-state index in [0.29, 0.717) is 17.9 Å². The summed E-state index contributed by atoms with van der Waals surface area (Å²) in [4.78, 5) is 0. The molecule has 4 atom stereocenters. The summed E-state index contributed by atoms with van der Waals surface area (Å²) < 4.78 is 5.45. The van der Waals surface area contributed by atoms with Crippen LogP contribution in [0.4, 0.5) is 0 Å². The van der Waals surface area contributed by atoms with Crippen molar-refractivity contribution >= 4 is 0 Å². The molecule has 1 fully saturated rings. The molecule has 1 heterocycles. The first-order valence-corrected chi connectivity index (χ1v) is 4.11. The SMILES string of the molecule is CC1[CH+]OC(C)[C@@H](C)C1C. The fraction of sp³-hybridized carbons (Fsp3) is 0.889. The van der Waals surface area contributed by atoms with Crippen molar-refractivity contribution in [3.63, 3.8) is 0 Å². The highest BCUT2D eigenvalue weighted by Gasteiger charge is 2.36. The van der Waals surface area contributed by atoms with Crippen LogP contribution < -0.4 is 0 Å². The van der Waals surface area contributed by atoms with Gasteiger partial charge in [0, 0.05) is 5.92 Å². The van der Waals surface area contributed by atoms with E-state index in [9.17, 15) is 0 Å². The average molecular weight is 141 g/mol. The lowest BCUT2D eigenvalue weighted by Crippen LogP contribution is -2.33. The van der Waals surface area contributed by atoms with Crippen LogP contribution >= 0.6 is 0 Å². The minimum absolute atomic E-state index is 0.409. The molecule has 1 aliphatic rings. The van der Waals surface area contributed by atoms with Crippen molar-refractivity contribution in [1.82, 2.24) is 0 Å². The van der Waals surface area contributed by atoms with Gasteiger partial charge in [-0.1, -0.05) is 13.8 Å². The van der Waals surface area contributed by atoms with Gasteiger partial charge in [-0.3, -0.25) is 0 Å². The third-order valence-corrected chi connectivity index (χ3v) is 2.91. The highest BCUT2D eigenvalue weighted by atomic mass is 16.5. The van der Waals surface area contributed by atoms with Gasteiger partial charge in [0.1, 0.15) is 12.0 Å². The molecule has 0 aliphatic carbocycles. The van der Waals surface area contributed by atoms with E-state index in [2.05, 4.69) is 27.7 Å². The molecule has 0 N–H and O–H groups in total. The molecule has 1 nitrogen and oxygen atoms in total. The fourth-order valence-corrected chi connectivity index (χ4v) is 1.40. The molecule has 0 aromatic heterocycles. The molecular formula is C9H17O+. The van der Waals surface area contributed by atoms with Crippen molar-refractivity contribution < 1.29 is 4.74 Å². The zero-order valence-electron chi connectivity index (χ0n) is 7.29. The lowest BCUT2D eigenvalue weighted by molar-refractivity contribution is -0.0218. The van der Waals surface area contributed by atoms with Gasteiger partial charge in [0.15, 0.2) is 0 Å². The second-order valence-electron chi connectivity index (χ2n) is 3.55. The van der Waals surface area contributed by atoms with Gasteiger partial charge in [0.2, 0.25) is 6.61 Å². The molecular weight excluding hydrogens is 124 g/mol. The van der Waals surface area contributed by atoms with Crippen molar-refractivity contribution in [3.05, 3.63) is 6.61 Å². The maximum atomic E-state index is 5.45. The number of hydrogen-bond donors (Lipinski definition) is 0. The van der Waals surface area contributed by atoms with Gasteiger partial charge in [-0.2, -0.15) is 4.74 Å². The maximum absolute atomic E-state index is 5.45. The van der Waals surface area contributed by atoms with Gasteiger partial charge >= 0.3 is 0 Å². The highest BCUT2D eigenvalue weighted by Crippen LogP contribution is 2.32. The molecule has 0 aromatic rings. The van der Waals surface area contributed by atoms with Crippen molar-refractivity contribution in [2.45, 2.75) is 33.8 Å². The van der Waals surface area contributed by atoms with Crippen molar-refractivity contribution in [1.29, 1.82) is 0 Å². The second kappa shape index (κ2) is 2.83. The Morgan fingerprint density at radius 3 is 2.10 bits per heavy atom. The zero-order chi connectivity index (χ0) is 7.72. The standard InChI is InChI=1S/C9H17O/c1-6-5-10-9(4)8(3)7(6)2/h5-9H,1-4H3/q+1/t6?,7?,8-,9?/m0/s1. The van der Waals surface area contributed by atoms with Crippen LogP contribution in [0.25, 0.3) is 0 Å². The Hall–Kier alpha value is -0.170. The minimum Gasteiger partial charge on any atom is -0.193 e. The Bertz CT molecular complexity index is 97.3. The average Bonchev–Trinajstić information content (AvgIpc) is 1.93. The fourth-order valence-electron chi connectivity index (χ4n) is 1.40. The summed E-state index contributed by atoms with van der Waals surface area (Å²) in [6.07, 6.45) is 0.409. The second-order valence-corrected chi connectivity index (χ2v) is 3.55. The van der Waals surface area contributed by atoms with E-state index in [-0.39, 0.29) is 0 Å². The third-order valence-electron chi connectivity index (χ3n) is 2.91. The molecule has 58 valence electrons. The first kappa shape index (κ1) is 7.93. The Morgan fingerprint density at radius 1 is 1.00 bits per heavy atom. The molecule has 1 rings (SSSR count). The van der Waals surface area contributed by atoms with E-state index >= 15 is 0 Å². The number of rotatable bonds is 0. The minimum atomic E-state index is 0.409. The Morgan fingerprint density at radius 2 is 1.60 bits per heavy atom. The normalized spacial score (nSPS) is 48.4. The molecule has 0 bridgehead atoms. The molecule has 0 aromatic carbocycles. The molecule has 0 spiro atoms. The Labute approximate surface area is 63.8 Å². The van der Waals surface area contributed by atoms with E-state index < -0.39 is 0 Å². The van der Waals surface area contributed by atoms with Crippen LogP contribution in [0.15, 0.2) is 0 Å². The summed E-state index contributed by atoms with van der Waals surface area (Å²) in [5, 5.41) is 0. The summed E-state index contributed by atoms with van der Waals surface area (Å²) in [6, 6.07) is 0. The van der Waals surface area contributed by atoms with Gasteiger partial charge in [-0.15, -0.1) is 0 Å². The van der Waals surface area contributed by atoms with Crippen LogP contribution in [0.5, 0.6) is 0 Å². The summed E-state index contributed by atoms with van der Waals surface area (Å²) in [5.41, 5.74) is 0. The Balaban J connectivity index is 2.52. The van der Waals surface area contributed by atoms with E-state index in [1.54, 1.807) is 0 Å². The quantitative estimate of drug-likeness (QED) is 0.471. The summed E-state index contributed by atoms with van der Waals surface area (Å²) in [6.45, 7) is 10.9. The van der Waals surface area contributed by atoms with Crippen molar-refractivity contribution in [2.75, 3.05) is 0 Å². The number of ether oxygens (including phenoxy) is 1. The van der Waals surface area contributed by atoms with Gasteiger partial charge in [-0.05, 0) is 19.8 Å². The van der Waals surface area contributed by atoms with E-state index in [1.165, 1.54) is 0 Å². The van der Waals surface area contributed by atoms with Crippen LogP contribution in [0.3, 0.4) is 0 Å². The van der Waals surface area contributed by atoms with Gasteiger partial charge in [-0.25, -0.2) is 0 Å². The molecule has 1 saturated heterocycles. The lowest BCUT2D eigenvalue weighted by Gasteiger charge is -2.29. The van der Waals surface area contributed by atoms with Crippen LogP contribution in [0.1, 0.15) is 27.7 Å². The monoisotopic (exact) mass is 141 g/mol. The van der Waals surface area contributed by atoms with Gasteiger partial charge in [0.05, 0.1) is 0 Å². The predicted molar refractivity (Wildman–Crippen MR) is 42.3 cm³/mol. The van der Waals surface area contributed by atoms with Crippen molar-refractivity contribution in [2.24, 2.45) is 17.8 Å². The van der Waals surface area contributed by atoms with Crippen LogP contribution in [-0.2, 0) is 4.74 Å². The summed E-state index contributed by atoms with van der Waals surface area (Å²) in [7, 11) is 0. The summed E-state index contributed by atoms with van der Waals surface area (Å²) >= 11 is 0. The number of hydrogen-bond acceptors (Lipinski definition) is 1. The van der Waals surface area contributed by atoms with E-state index in [4.69, 9.17) is 4.74 Å². The van der Waals surface area contributed by atoms with Crippen LogP contribution in [-0.4, -0.2) is 6.10 Å². The molecule has 10 heavy (non-hydrogen) atoms. The largest absolute Gasteiger partial charge is 0.230 e. The molecule has 0 amide bonds. The molecule has 0 saturated carbocycles. The van der Waals surface area contributed by atoms with Crippen molar-refractivity contribution in [3.8, 4) is 0 Å². The summed E-state index contributed by atoms with van der Waals surface area (Å²) in [5.74, 6) is 2.08. The molecule has 1 heteroatoms. The topological polar surface area (TPSA) is 9.23 Å². The lowest BCUT2D eigenvalue weighted by atomic mass is 9.80. The van der Waals surface area contributed by atoms with E-state index in [0.717, 1.165) is 5.92 Å². The van der Waals surface area contributed by atoms with Crippen LogP contribution in [0.2, 0.25) is 0 Å². The first-order chi connectivity index (χ1) is 4.63. The zero-order valence-corrected chi connectivity index (χ0v) is 7.29. The maximum Gasteiger partial charge on any atom is 0.230 e. The third kappa shape index (κ3) is 1.29. The molecule has 3 unspecified atom stereocenters. The first-order valence-electron chi connectivity index (χ1n) is 4.11. The highest BCUT2D eigenvalue weighted by molar-refractivity contribution is 4.82. The molecule has 0 radical (unpaired) electrons. The van der Waals surface area contributed by atoms with Crippen LogP contribution in [0, 0.1) is 24.4 Å². The molecule has 1 aliphatic heterocycles. The van der Waals surface area contributed by atoms with E-state index in [1.807, 2.05) is 6.61 Å². The predicted octanol–water partition coefficient (Wildman–Crippen LogP) is 2.48. The Kier molecular flexibility index (Phi) is 2.24. The van der Waals surface area contributed by atoms with Gasteiger partial charge in [0.25, 0.3) is 0 Å². The van der Waals surface area contributed by atoms with Gasteiger partial charge < -0.3 is 0 Å². The smallest absolute Gasteiger partial charge is 0.193 e.